The molecule has 1 heteroatoms. The van der Waals surface area contributed by atoms with E-state index in [4.69, 9.17) is 0 Å². The maximum absolute atomic E-state index is 2.44. The van der Waals surface area contributed by atoms with E-state index in [2.05, 4.69) is 217 Å². The number of nitrogens with zero attached hydrogens (tertiary/aromatic N) is 1. The second-order valence-corrected chi connectivity index (χ2v) is 12.9. The van der Waals surface area contributed by atoms with Crippen LogP contribution in [0.15, 0.2) is 212 Å². The van der Waals surface area contributed by atoms with Crippen LogP contribution in [0.3, 0.4) is 0 Å². The van der Waals surface area contributed by atoms with Gasteiger partial charge in [-0.05, 0) is 91.0 Å². The summed E-state index contributed by atoms with van der Waals surface area (Å²) in [5.74, 6) is 0. The first kappa shape index (κ1) is 30.4. The molecular weight excluding hydrogens is 615 g/mol. The highest BCUT2D eigenvalue weighted by Crippen LogP contribution is 2.49. The van der Waals surface area contributed by atoms with Crippen LogP contribution in [0, 0.1) is 0 Å². The van der Waals surface area contributed by atoms with Gasteiger partial charge >= 0.3 is 0 Å². The lowest BCUT2D eigenvalue weighted by atomic mass is 9.84. The Bertz CT molecular complexity index is 2590. The number of rotatable bonds is 7. The summed E-state index contributed by atoms with van der Waals surface area (Å²) in [7, 11) is 0. The number of benzene rings is 9. The van der Waals surface area contributed by atoms with Crippen LogP contribution in [0.4, 0.5) is 17.1 Å². The van der Waals surface area contributed by atoms with Crippen molar-refractivity contribution in [2.24, 2.45) is 0 Å². The van der Waals surface area contributed by atoms with Gasteiger partial charge in [0.15, 0.2) is 0 Å². The molecule has 1 nitrogen and oxygen atoms in total. The van der Waals surface area contributed by atoms with E-state index in [9.17, 15) is 0 Å². The molecule has 0 amide bonds. The second-order valence-electron chi connectivity index (χ2n) is 12.9. The normalized spacial score (nSPS) is 11.1. The van der Waals surface area contributed by atoms with Crippen LogP contribution in [-0.4, -0.2) is 0 Å². The minimum atomic E-state index is 1.10. The third-order valence-corrected chi connectivity index (χ3v) is 9.84. The molecule has 0 unspecified atom stereocenters. The molecule has 0 aliphatic rings. The van der Waals surface area contributed by atoms with Gasteiger partial charge in [0, 0.05) is 16.8 Å². The molecule has 0 fully saturated rings. The van der Waals surface area contributed by atoms with Gasteiger partial charge in [-0.2, -0.15) is 0 Å². The standard InChI is InChI=1S/C50H35N/c1-5-17-36(18-6-1)38-31-33-42(34-32-38)51(43-26-15-25-41(35-43)37-19-7-2-8-20-37)47-30-16-29-46-49(40-23-11-4-12-24-40)48(39-21-9-3-10-22-39)44-27-13-14-28-45(44)50(46)47/h1-35H. The molecule has 0 atom stereocenters. The predicted molar refractivity (Wildman–Crippen MR) is 218 cm³/mol. The predicted octanol–water partition coefficient (Wildman–Crippen LogP) is 14.1. The van der Waals surface area contributed by atoms with Crippen LogP contribution in [0.25, 0.3) is 66.1 Å². The van der Waals surface area contributed by atoms with Gasteiger partial charge < -0.3 is 4.90 Å². The van der Waals surface area contributed by atoms with Crippen molar-refractivity contribution < 1.29 is 0 Å². The lowest BCUT2D eigenvalue weighted by Crippen LogP contribution is -2.11. The van der Waals surface area contributed by atoms with Crippen molar-refractivity contribution in [1.82, 2.24) is 0 Å². The molecule has 0 radical (unpaired) electrons. The van der Waals surface area contributed by atoms with Gasteiger partial charge in [0.2, 0.25) is 0 Å². The van der Waals surface area contributed by atoms with E-state index in [1.54, 1.807) is 0 Å². The minimum Gasteiger partial charge on any atom is -0.310 e. The van der Waals surface area contributed by atoms with Gasteiger partial charge in [-0.25, -0.2) is 0 Å². The molecule has 0 spiro atoms. The fourth-order valence-electron chi connectivity index (χ4n) is 7.53. The van der Waals surface area contributed by atoms with E-state index in [0.29, 0.717) is 0 Å². The zero-order valence-electron chi connectivity index (χ0n) is 28.2. The van der Waals surface area contributed by atoms with Crippen molar-refractivity contribution in [1.29, 1.82) is 0 Å². The van der Waals surface area contributed by atoms with Gasteiger partial charge in [-0.15, -0.1) is 0 Å². The topological polar surface area (TPSA) is 3.24 Å². The van der Waals surface area contributed by atoms with E-state index < -0.39 is 0 Å². The zero-order valence-corrected chi connectivity index (χ0v) is 28.2. The summed E-state index contributed by atoms with van der Waals surface area (Å²) in [6.07, 6.45) is 0. The van der Waals surface area contributed by atoms with Gasteiger partial charge in [-0.1, -0.05) is 182 Å². The molecule has 0 aromatic heterocycles. The minimum absolute atomic E-state index is 1.10. The smallest absolute Gasteiger partial charge is 0.0546 e. The summed E-state index contributed by atoms with van der Waals surface area (Å²) in [6.45, 7) is 0. The average Bonchev–Trinajstić information content (AvgIpc) is 3.22. The van der Waals surface area contributed by atoms with Crippen molar-refractivity contribution >= 4 is 38.6 Å². The maximum Gasteiger partial charge on any atom is 0.0546 e. The van der Waals surface area contributed by atoms with E-state index >= 15 is 0 Å². The summed E-state index contributed by atoms with van der Waals surface area (Å²) in [5.41, 5.74) is 13.0. The Hall–Kier alpha value is -6.70. The highest BCUT2D eigenvalue weighted by Gasteiger charge is 2.23. The summed E-state index contributed by atoms with van der Waals surface area (Å²) in [6, 6.07) is 76.6. The molecule has 0 aliphatic carbocycles. The van der Waals surface area contributed by atoms with Crippen LogP contribution in [-0.2, 0) is 0 Å². The molecule has 0 N–H and O–H groups in total. The maximum atomic E-state index is 2.44. The lowest BCUT2D eigenvalue weighted by molar-refractivity contribution is 1.30. The quantitative estimate of drug-likeness (QED) is 0.155. The Morgan fingerprint density at radius 2 is 0.686 bits per heavy atom. The monoisotopic (exact) mass is 649 g/mol. The number of anilines is 3. The molecule has 51 heavy (non-hydrogen) atoms. The highest BCUT2D eigenvalue weighted by molar-refractivity contribution is 6.25. The zero-order chi connectivity index (χ0) is 34.0. The first-order valence-corrected chi connectivity index (χ1v) is 17.5. The second kappa shape index (κ2) is 13.3. The Balaban J connectivity index is 1.36. The van der Waals surface area contributed by atoms with Crippen molar-refractivity contribution in [3.05, 3.63) is 212 Å². The third-order valence-electron chi connectivity index (χ3n) is 9.84. The molecule has 9 rings (SSSR count). The lowest BCUT2D eigenvalue weighted by Gasteiger charge is -2.29. The van der Waals surface area contributed by atoms with E-state index in [1.807, 2.05) is 0 Å². The van der Waals surface area contributed by atoms with Crippen LogP contribution in [0.2, 0.25) is 0 Å². The Morgan fingerprint density at radius 3 is 1.29 bits per heavy atom. The van der Waals surface area contributed by atoms with Crippen molar-refractivity contribution in [3.63, 3.8) is 0 Å². The SMILES string of the molecule is c1ccc(-c2ccc(N(c3cccc(-c4ccccc4)c3)c3cccc4c(-c5ccccc5)c(-c5ccccc5)c5ccccc5c34)cc2)cc1. The van der Waals surface area contributed by atoms with Crippen LogP contribution >= 0.6 is 0 Å². The van der Waals surface area contributed by atoms with Crippen LogP contribution in [0.1, 0.15) is 0 Å². The highest BCUT2D eigenvalue weighted by atomic mass is 15.1. The average molecular weight is 650 g/mol. The van der Waals surface area contributed by atoms with Crippen molar-refractivity contribution in [2.45, 2.75) is 0 Å². The van der Waals surface area contributed by atoms with E-state index in [0.717, 1.165) is 17.1 Å². The fourth-order valence-corrected chi connectivity index (χ4v) is 7.53. The Morgan fingerprint density at radius 1 is 0.255 bits per heavy atom. The summed E-state index contributed by atoms with van der Waals surface area (Å²) in [5, 5.41) is 4.91. The van der Waals surface area contributed by atoms with Gasteiger partial charge in [0.1, 0.15) is 0 Å². The third kappa shape index (κ3) is 5.65. The summed E-state index contributed by atoms with van der Waals surface area (Å²) in [4.78, 5) is 2.44. The van der Waals surface area contributed by atoms with Crippen molar-refractivity contribution in [2.75, 3.05) is 4.90 Å². The fraction of sp³-hybridized carbons (Fsp3) is 0. The number of hydrogen-bond donors (Lipinski definition) is 0. The van der Waals surface area contributed by atoms with E-state index in [-0.39, 0.29) is 0 Å². The molecule has 9 aromatic rings. The van der Waals surface area contributed by atoms with Crippen LogP contribution in [0.5, 0.6) is 0 Å². The van der Waals surface area contributed by atoms with Gasteiger partial charge in [0.05, 0.1) is 5.69 Å². The molecular formula is C50H35N. The molecule has 0 saturated carbocycles. The first-order valence-electron chi connectivity index (χ1n) is 17.5. The Labute approximate surface area is 299 Å². The molecule has 240 valence electrons. The number of fused-ring (bicyclic) bond motifs is 3. The molecule has 9 aromatic carbocycles. The summed E-state index contributed by atoms with van der Waals surface area (Å²) < 4.78 is 0. The van der Waals surface area contributed by atoms with Crippen LogP contribution < -0.4 is 4.90 Å². The van der Waals surface area contributed by atoms with Crippen molar-refractivity contribution in [3.8, 4) is 44.5 Å². The first-order chi connectivity index (χ1) is 25.3. The van der Waals surface area contributed by atoms with E-state index in [1.165, 1.54) is 66.1 Å². The van der Waals surface area contributed by atoms with Gasteiger partial charge in [-0.3, -0.25) is 0 Å². The largest absolute Gasteiger partial charge is 0.310 e. The molecule has 0 saturated heterocycles. The molecule has 0 heterocycles. The van der Waals surface area contributed by atoms with Gasteiger partial charge in [0.25, 0.3) is 0 Å². The number of hydrogen-bond acceptors (Lipinski definition) is 1. The molecule has 0 aliphatic heterocycles. The summed E-state index contributed by atoms with van der Waals surface area (Å²) >= 11 is 0. The molecule has 0 bridgehead atoms. The Kier molecular flexibility index (Phi) is 7.92.